The van der Waals surface area contributed by atoms with E-state index in [2.05, 4.69) is 10.6 Å². The summed E-state index contributed by atoms with van der Waals surface area (Å²) in [6, 6.07) is 9.57. The number of hydrogen-bond acceptors (Lipinski definition) is 10. The monoisotopic (exact) mass is 366 g/mol. The number of nitrogens with one attached hydrogen (secondary N) is 2. The van der Waals surface area contributed by atoms with E-state index in [-0.39, 0.29) is 6.54 Å². The van der Waals surface area contributed by atoms with Gasteiger partial charge in [0.15, 0.2) is 0 Å². The molecule has 3 rings (SSSR count). The van der Waals surface area contributed by atoms with Gasteiger partial charge in [0.1, 0.15) is 0 Å². The Bertz CT molecular complexity index is 906. The molecule has 0 aromatic heterocycles. The summed E-state index contributed by atoms with van der Waals surface area (Å²) >= 11 is 0. The average Bonchev–Trinajstić information content (AvgIpc) is 2.50. The van der Waals surface area contributed by atoms with Crippen molar-refractivity contribution in [1.82, 2.24) is 0 Å². The van der Waals surface area contributed by atoms with E-state index in [9.17, 15) is 8.42 Å². The highest BCUT2D eigenvalue weighted by atomic mass is 32.3. The zero-order valence-corrected chi connectivity index (χ0v) is 13.8. The summed E-state index contributed by atoms with van der Waals surface area (Å²) in [7, 11) is -4.09. The van der Waals surface area contributed by atoms with Crippen LogP contribution < -0.4 is 33.6 Å². The fourth-order valence-corrected chi connectivity index (χ4v) is 3.18. The van der Waals surface area contributed by atoms with Crippen LogP contribution in [0.3, 0.4) is 0 Å². The van der Waals surface area contributed by atoms with Gasteiger partial charge in [0.2, 0.25) is 0 Å². The first-order valence-corrected chi connectivity index (χ1v) is 8.50. The summed E-state index contributed by atoms with van der Waals surface area (Å²) in [5.41, 5.74) is 25.7. The van der Waals surface area contributed by atoms with Crippen molar-refractivity contribution in [3.8, 4) is 0 Å². The minimum absolute atomic E-state index is 0.103. The van der Waals surface area contributed by atoms with Crippen molar-refractivity contribution >= 4 is 44.5 Å². The van der Waals surface area contributed by atoms with E-state index in [4.69, 9.17) is 31.3 Å². The SMILES string of the molecule is Nc1ccc(N)c(NCC2(Nc3cc(N)ccc3N)OS(=O)(=O)O2)c1. The number of nitrogens with two attached hydrogens (primary N) is 4. The van der Waals surface area contributed by atoms with Crippen LogP contribution in [0.1, 0.15) is 0 Å². The summed E-state index contributed by atoms with van der Waals surface area (Å²) in [6.07, 6.45) is 0. The lowest BCUT2D eigenvalue weighted by atomic mass is 10.2. The molecule has 2 aromatic rings. The molecule has 0 atom stereocenters. The van der Waals surface area contributed by atoms with E-state index < -0.39 is 16.3 Å². The van der Waals surface area contributed by atoms with Crippen LogP contribution in [0.25, 0.3) is 0 Å². The molecule has 10 N–H and O–H groups in total. The standard InChI is InChI=1S/C14H18N6O4S/c15-8-1-3-10(17)12(5-8)19-7-14(23-25(21,22)24-14)20-13-6-9(16)2-4-11(13)18/h1-6,19-20H,7,15-18H2. The van der Waals surface area contributed by atoms with Gasteiger partial charge >= 0.3 is 16.3 Å². The van der Waals surface area contributed by atoms with Gasteiger partial charge in [-0.1, -0.05) is 0 Å². The highest BCUT2D eigenvalue weighted by molar-refractivity contribution is 7.82. The summed E-state index contributed by atoms with van der Waals surface area (Å²) < 4.78 is 32.6. The fraction of sp³-hybridized carbons (Fsp3) is 0.143. The number of benzene rings is 2. The molecule has 0 unspecified atom stereocenters. The van der Waals surface area contributed by atoms with Crippen LogP contribution in [0.4, 0.5) is 34.1 Å². The maximum Gasteiger partial charge on any atom is 0.408 e. The van der Waals surface area contributed by atoms with Crippen molar-refractivity contribution in [1.29, 1.82) is 0 Å². The molecule has 0 aliphatic carbocycles. The van der Waals surface area contributed by atoms with Crippen LogP contribution in [-0.2, 0) is 18.8 Å². The molecule has 0 amide bonds. The first kappa shape index (κ1) is 17.0. The van der Waals surface area contributed by atoms with Crippen LogP contribution in [-0.4, -0.2) is 20.9 Å². The third kappa shape index (κ3) is 3.63. The largest absolute Gasteiger partial charge is 0.408 e. The van der Waals surface area contributed by atoms with Gasteiger partial charge in [0.05, 0.1) is 29.3 Å². The molecule has 10 nitrogen and oxygen atoms in total. The van der Waals surface area contributed by atoms with E-state index >= 15 is 0 Å². The average molecular weight is 366 g/mol. The predicted octanol–water partition coefficient (Wildman–Crippen LogP) is 0.485. The number of anilines is 6. The zero-order valence-electron chi connectivity index (χ0n) is 13.0. The molecule has 134 valence electrons. The van der Waals surface area contributed by atoms with E-state index in [1.807, 2.05) is 0 Å². The molecule has 25 heavy (non-hydrogen) atoms. The zero-order chi connectivity index (χ0) is 18.2. The summed E-state index contributed by atoms with van der Waals surface area (Å²) in [5, 5.41) is 5.73. The fourth-order valence-electron chi connectivity index (χ4n) is 2.31. The first-order chi connectivity index (χ1) is 11.7. The predicted molar refractivity (Wildman–Crippen MR) is 96.5 cm³/mol. The van der Waals surface area contributed by atoms with Crippen LogP contribution in [0.5, 0.6) is 0 Å². The van der Waals surface area contributed by atoms with Gasteiger partial charge in [-0.2, -0.15) is 16.8 Å². The van der Waals surface area contributed by atoms with Crippen molar-refractivity contribution in [3.05, 3.63) is 36.4 Å². The molecule has 11 heteroatoms. The van der Waals surface area contributed by atoms with Crippen molar-refractivity contribution < 1.29 is 16.8 Å². The highest BCUT2D eigenvalue weighted by Gasteiger charge is 2.53. The molecule has 2 aromatic carbocycles. The van der Waals surface area contributed by atoms with E-state index in [0.29, 0.717) is 34.1 Å². The molecule has 1 fully saturated rings. The first-order valence-electron chi connectivity index (χ1n) is 7.16. The van der Waals surface area contributed by atoms with E-state index in [0.717, 1.165) is 0 Å². The third-order valence-electron chi connectivity index (χ3n) is 3.46. The number of hydrogen-bond donors (Lipinski definition) is 6. The highest BCUT2D eigenvalue weighted by Crippen LogP contribution is 2.35. The van der Waals surface area contributed by atoms with Gasteiger partial charge in [-0.15, -0.1) is 0 Å². The maximum absolute atomic E-state index is 11.4. The van der Waals surface area contributed by atoms with Crippen LogP contribution in [0, 0.1) is 0 Å². The molecule has 1 heterocycles. The molecule has 0 saturated carbocycles. The van der Waals surface area contributed by atoms with Crippen molar-refractivity contribution in [3.63, 3.8) is 0 Å². The topological polar surface area (TPSA) is 181 Å². The quantitative estimate of drug-likeness (QED) is 0.407. The molecule has 1 aliphatic rings. The van der Waals surface area contributed by atoms with E-state index in [1.54, 1.807) is 30.3 Å². The Hall–Kier alpha value is -2.89. The van der Waals surface area contributed by atoms with Gasteiger partial charge in [-0.3, -0.25) is 0 Å². The number of nitrogen functional groups attached to an aromatic ring is 4. The molecule has 1 aliphatic heterocycles. The van der Waals surface area contributed by atoms with Crippen LogP contribution >= 0.6 is 0 Å². The lowest BCUT2D eigenvalue weighted by Crippen LogP contribution is -2.60. The Balaban J connectivity index is 1.82. The van der Waals surface area contributed by atoms with Crippen molar-refractivity contribution in [2.45, 2.75) is 5.91 Å². The maximum atomic E-state index is 11.4. The minimum Gasteiger partial charge on any atom is -0.399 e. The molecule has 0 radical (unpaired) electrons. The van der Waals surface area contributed by atoms with Crippen molar-refractivity contribution in [2.24, 2.45) is 0 Å². The third-order valence-corrected chi connectivity index (χ3v) is 4.41. The minimum atomic E-state index is -4.09. The second kappa shape index (κ2) is 5.88. The second-order valence-electron chi connectivity index (χ2n) is 5.50. The molecular weight excluding hydrogens is 348 g/mol. The second-order valence-corrected chi connectivity index (χ2v) is 6.65. The summed E-state index contributed by atoms with van der Waals surface area (Å²) in [5.74, 6) is -1.70. The Kier molecular flexibility index (Phi) is 3.99. The smallest absolute Gasteiger partial charge is 0.399 e. The Morgan fingerprint density at radius 1 is 0.880 bits per heavy atom. The normalized spacial score (nSPS) is 17.4. The Morgan fingerprint density at radius 2 is 1.40 bits per heavy atom. The van der Waals surface area contributed by atoms with Gasteiger partial charge in [0, 0.05) is 11.4 Å². The lowest BCUT2D eigenvalue weighted by molar-refractivity contribution is -0.153. The molecular formula is C14H18N6O4S. The van der Waals surface area contributed by atoms with Gasteiger partial charge in [-0.25, -0.2) is 0 Å². The van der Waals surface area contributed by atoms with Gasteiger partial charge < -0.3 is 33.6 Å². The van der Waals surface area contributed by atoms with Crippen LogP contribution in [0.2, 0.25) is 0 Å². The summed E-state index contributed by atoms with van der Waals surface area (Å²) in [6.45, 7) is -0.103. The Labute approximate surface area is 144 Å². The number of rotatable bonds is 5. The van der Waals surface area contributed by atoms with Gasteiger partial charge in [0.25, 0.3) is 0 Å². The van der Waals surface area contributed by atoms with Crippen LogP contribution in [0.15, 0.2) is 36.4 Å². The molecule has 0 spiro atoms. The summed E-state index contributed by atoms with van der Waals surface area (Å²) in [4.78, 5) is 0. The van der Waals surface area contributed by atoms with E-state index in [1.165, 1.54) is 6.07 Å². The lowest BCUT2D eigenvalue weighted by Gasteiger charge is -2.40. The molecule has 0 bridgehead atoms. The molecule has 1 saturated heterocycles. The van der Waals surface area contributed by atoms with Gasteiger partial charge in [-0.05, 0) is 36.4 Å². The Morgan fingerprint density at radius 3 is 1.96 bits per heavy atom. The van der Waals surface area contributed by atoms with Crippen molar-refractivity contribution in [2.75, 3.05) is 40.1 Å².